The second kappa shape index (κ2) is 8.68. The lowest BCUT2D eigenvalue weighted by Crippen LogP contribution is -2.38. The number of nitrogens with zero attached hydrogens (tertiary/aromatic N) is 1. The van der Waals surface area contributed by atoms with Gasteiger partial charge in [0.05, 0.1) is 0 Å². The van der Waals surface area contributed by atoms with Crippen LogP contribution in [0.1, 0.15) is 51.7 Å². The Balaban J connectivity index is 1.83. The second-order valence-electron chi connectivity index (χ2n) is 8.80. The van der Waals surface area contributed by atoms with Crippen LogP contribution in [0, 0.1) is 5.41 Å². The summed E-state index contributed by atoms with van der Waals surface area (Å²) in [5.74, 6) is 0.677. The molecule has 0 aromatic heterocycles. The van der Waals surface area contributed by atoms with Crippen LogP contribution in [0.3, 0.4) is 0 Å². The third-order valence-electron chi connectivity index (χ3n) is 4.84. The molecule has 0 fully saturated rings. The number of nitrogens with one attached hydrogen (secondary N) is 1. The van der Waals surface area contributed by atoms with Crippen molar-refractivity contribution >= 4 is 17.5 Å². The van der Waals surface area contributed by atoms with Gasteiger partial charge in [0.25, 0.3) is 5.91 Å². The monoisotopic (exact) mass is 394 g/mol. The molecule has 1 aliphatic heterocycles. The minimum Gasteiger partial charge on any atom is -0.480 e. The van der Waals surface area contributed by atoms with Gasteiger partial charge in [0.15, 0.2) is 6.10 Å². The van der Waals surface area contributed by atoms with E-state index >= 15 is 0 Å². The van der Waals surface area contributed by atoms with Crippen molar-refractivity contribution in [2.45, 2.75) is 59.7 Å². The van der Waals surface area contributed by atoms with Gasteiger partial charge in [-0.2, -0.15) is 0 Å². The van der Waals surface area contributed by atoms with E-state index in [-0.39, 0.29) is 17.2 Å². The molecular formula is C24H30N2O3. The van der Waals surface area contributed by atoms with Crippen molar-refractivity contribution in [1.82, 2.24) is 4.90 Å². The first-order valence-corrected chi connectivity index (χ1v) is 10.2. The fraction of sp³-hybridized carbons (Fsp3) is 0.417. The zero-order valence-electron chi connectivity index (χ0n) is 17.7. The van der Waals surface area contributed by atoms with Gasteiger partial charge in [0, 0.05) is 30.8 Å². The summed E-state index contributed by atoms with van der Waals surface area (Å²) in [7, 11) is 0. The first-order chi connectivity index (χ1) is 13.7. The summed E-state index contributed by atoms with van der Waals surface area (Å²) in [5, 5.41) is 2.97. The minimum absolute atomic E-state index is 0.00845. The van der Waals surface area contributed by atoms with Gasteiger partial charge in [-0.3, -0.25) is 9.59 Å². The number of fused-ring (bicyclic) bond motifs is 1. The lowest BCUT2D eigenvalue weighted by atomic mass is 9.92. The maximum Gasteiger partial charge on any atom is 0.264 e. The lowest BCUT2D eigenvalue weighted by molar-refractivity contribution is -0.139. The largest absolute Gasteiger partial charge is 0.480 e. The van der Waals surface area contributed by atoms with E-state index in [1.165, 1.54) is 0 Å². The van der Waals surface area contributed by atoms with E-state index in [4.69, 9.17) is 4.74 Å². The van der Waals surface area contributed by atoms with E-state index in [0.717, 1.165) is 16.8 Å². The summed E-state index contributed by atoms with van der Waals surface area (Å²) in [6.07, 6.45) is 0.548. The summed E-state index contributed by atoms with van der Waals surface area (Å²) in [6.45, 7) is 9.04. The quantitative estimate of drug-likeness (QED) is 0.795. The molecule has 0 bridgehead atoms. The highest BCUT2D eigenvalue weighted by molar-refractivity contribution is 5.91. The van der Waals surface area contributed by atoms with Crippen LogP contribution in [0.4, 0.5) is 5.69 Å². The molecule has 0 radical (unpaired) electrons. The number of hydrogen-bond acceptors (Lipinski definition) is 3. The van der Waals surface area contributed by atoms with Gasteiger partial charge in [-0.05, 0) is 35.6 Å². The molecule has 29 heavy (non-hydrogen) atoms. The molecule has 1 aliphatic rings. The third kappa shape index (κ3) is 5.59. The lowest BCUT2D eigenvalue weighted by Gasteiger charge is -2.23. The first kappa shape index (κ1) is 20.9. The number of rotatable bonds is 5. The smallest absolute Gasteiger partial charge is 0.264 e. The molecule has 0 spiro atoms. The molecule has 0 saturated heterocycles. The summed E-state index contributed by atoms with van der Waals surface area (Å²) < 4.78 is 6.02. The molecule has 1 heterocycles. The Kier molecular flexibility index (Phi) is 6.26. The highest BCUT2D eigenvalue weighted by atomic mass is 16.5. The Morgan fingerprint density at radius 3 is 2.55 bits per heavy atom. The number of carbonyl (C=O) groups is 2. The van der Waals surface area contributed by atoms with Crippen LogP contribution in [0.25, 0.3) is 0 Å². The predicted octanol–water partition coefficient (Wildman–Crippen LogP) is 4.76. The number of hydrogen-bond donors (Lipinski definition) is 1. The Morgan fingerprint density at radius 2 is 1.90 bits per heavy atom. The average molecular weight is 395 g/mol. The highest BCUT2D eigenvalue weighted by Crippen LogP contribution is 2.30. The van der Waals surface area contributed by atoms with E-state index in [2.05, 4.69) is 5.32 Å². The fourth-order valence-electron chi connectivity index (χ4n) is 3.47. The predicted molar refractivity (Wildman–Crippen MR) is 115 cm³/mol. The Bertz CT molecular complexity index is 871. The van der Waals surface area contributed by atoms with Gasteiger partial charge in [0.1, 0.15) is 5.75 Å². The van der Waals surface area contributed by atoms with E-state index in [1.54, 1.807) is 0 Å². The summed E-state index contributed by atoms with van der Waals surface area (Å²) in [5.41, 5.74) is 2.63. The number of amides is 2. The van der Waals surface area contributed by atoms with Crippen LogP contribution in [0.15, 0.2) is 48.5 Å². The molecular weight excluding hydrogens is 364 g/mol. The molecule has 0 saturated carbocycles. The fourth-order valence-corrected chi connectivity index (χ4v) is 3.47. The molecule has 0 aliphatic carbocycles. The van der Waals surface area contributed by atoms with Crippen molar-refractivity contribution in [3.8, 4) is 5.75 Å². The maximum absolute atomic E-state index is 13.0. The van der Waals surface area contributed by atoms with Crippen molar-refractivity contribution in [2.24, 2.45) is 5.41 Å². The van der Waals surface area contributed by atoms with E-state index in [1.807, 2.05) is 81.1 Å². The second-order valence-corrected chi connectivity index (χ2v) is 8.80. The van der Waals surface area contributed by atoms with Crippen molar-refractivity contribution in [3.63, 3.8) is 0 Å². The number of anilines is 1. The van der Waals surface area contributed by atoms with Gasteiger partial charge in [-0.15, -0.1) is 0 Å². The molecule has 2 amide bonds. The maximum atomic E-state index is 13.0. The summed E-state index contributed by atoms with van der Waals surface area (Å²) in [4.78, 5) is 27.1. The van der Waals surface area contributed by atoms with E-state index < -0.39 is 6.10 Å². The molecule has 1 atom stereocenters. The van der Waals surface area contributed by atoms with Crippen molar-refractivity contribution in [1.29, 1.82) is 0 Å². The van der Waals surface area contributed by atoms with E-state index in [9.17, 15) is 9.59 Å². The Hall–Kier alpha value is -2.82. The van der Waals surface area contributed by atoms with Gasteiger partial charge >= 0.3 is 0 Å². The van der Waals surface area contributed by atoms with Gasteiger partial charge in [-0.25, -0.2) is 0 Å². The van der Waals surface area contributed by atoms with Crippen molar-refractivity contribution < 1.29 is 14.3 Å². The normalized spacial score (nSPS) is 16.6. The van der Waals surface area contributed by atoms with Crippen LogP contribution in [-0.2, 0) is 22.7 Å². The number of carbonyl (C=O) groups excluding carboxylic acids is 2. The average Bonchev–Trinajstić information content (AvgIpc) is 2.77. The molecule has 5 nitrogen and oxygen atoms in total. The molecule has 154 valence electrons. The highest BCUT2D eigenvalue weighted by Gasteiger charge is 2.30. The third-order valence-corrected chi connectivity index (χ3v) is 4.84. The topological polar surface area (TPSA) is 58.6 Å². The first-order valence-electron chi connectivity index (χ1n) is 10.2. The zero-order valence-corrected chi connectivity index (χ0v) is 17.7. The molecule has 1 N–H and O–H groups in total. The van der Waals surface area contributed by atoms with Crippen LogP contribution < -0.4 is 10.1 Å². The Morgan fingerprint density at radius 1 is 1.17 bits per heavy atom. The van der Waals surface area contributed by atoms with E-state index in [0.29, 0.717) is 31.7 Å². The zero-order chi connectivity index (χ0) is 21.0. The standard InChI is InChI=1S/C24H30N2O3/c1-5-20-23(28)26(15-17-9-7-6-8-10-17)16-18-13-19(11-12-21(18)29-20)25-22(27)14-24(2,3)4/h6-13,20H,5,14-16H2,1-4H3,(H,25,27)/t20-/m1/s1. The molecule has 2 aromatic rings. The van der Waals surface area contributed by atoms with Crippen LogP contribution in [-0.4, -0.2) is 22.8 Å². The summed E-state index contributed by atoms with van der Waals surface area (Å²) in [6, 6.07) is 15.6. The molecule has 3 rings (SSSR count). The van der Waals surface area contributed by atoms with Crippen molar-refractivity contribution in [2.75, 3.05) is 5.32 Å². The van der Waals surface area contributed by atoms with Crippen molar-refractivity contribution in [3.05, 3.63) is 59.7 Å². The minimum atomic E-state index is -0.499. The summed E-state index contributed by atoms with van der Waals surface area (Å²) >= 11 is 0. The number of ether oxygens (including phenoxy) is 1. The molecule has 5 heteroatoms. The van der Waals surface area contributed by atoms with Crippen LogP contribution >= 0.6 is 0 Å². The van der Waals surface area contributed by atoms with Crippen LogP contribution in [0.5, 0.6) is 5.75 Å². The Labute approximate surface area is 173 Å². The van der Waals surface area contributed by atoms with Crippen LogP contribution in [0.2, 0.25) is 0 Å². The molecule has 0 unspecified atom stereocenters. The van der Waals surface area contributed by atoms with Gasteiger partial charge in [0.2, 0.25) is 5.91 Å². The SMILES string of the molecule is CC[C@H]1Oc2ccc(NC(=O)CC(C)(C)C)cc2CN(Cc2ccccc2)C1=O. The van der Waals surface area contributed by atoms with Gasteiger partial charge < -0.3 is 15.0 Å². The van der Waals surface area contributed by atoms with Gasteiger partial charge in [-0.1, -0.05) is 58.0 Å². The molecule has 2 aromatic carbocycles. The number of benzene rings is 2.